The molecule has 0 atom stereocenters. The van der Waals surface area contributed by atoms with Gasteiger partial charge in [-0.3, -0.25) is 14.5 Å². The normalized spacial score (nSPS) is 14.7. The molecule has 1 N–H and O–H groups in total. The summed E-state index contributed by atoms with van der Waals surface area (Å²) in [5.74, 6) is 1.44. The van der Waals surface area contributed by atoms with E-state index < -0.39 is 17.1 Å². The maximum Gasteiger partial charge on any atom is 0.335 e. The maximum atomic E-state index is 12.7. The van der Waals surface area contributed by atoms with Gasteiger partial charge >= 0.3 is 5.97 Å². The molecule has 0 saturated carbocycles. The molecule has 4 rings (SSSR count). The van der Waals surface area contributed by atoms with Gasteiger partial charge < -0.3 is 9.84 Å². The van der Waals surface area contributed by atoms with Crippen LogP contribution in [0.5, 0.6) is 5.75 Å². The number of hydrogen-bond acceptors (Lipinski definition) is 5. The summed E-state index contributed by atoms with van der Waals surface area (Å²) in [5.41, 5.74) is 1.67. The van der Waals surface area contributed by atoms with Crippen LogP contribution < -0.4 is 4.74 Å². The first-order chi connectivity index (χ1) is 15.5. The van der Waals surface area contributed by atoms with Crippen molar-refractivity contribution in [3.8, 4) is 18.1 Å². The van der Waals surface area contributed by atoms with Gasteiger partial charge in [-0.2, -0.15) is 0 Å². The fraction of sp³-hybridized carbons (Fsp3) is 0.0800. The van der Waals surface area contributed by atoms with Crippen LogP contribution in [-0.4, -0.2) is 33.7 Å². The number of carboxylic acids is 1. The molecule has 158 valence electrons. The zero-order valence-corrected chi connectivity index (χ0v) is 17.6. The summed E-state index contributed by atoms with van der Waals surface area (Å²) in [7, 11) is 0. The van der Waals surface area contributed by atoms with Crippen molar-refractivity contribution in [2.75, 3.05) is 6.54 Å². The van der Waals surface area contributed by atoms with E-state index in [1.807, 2.05) is 36.4 Å². The van der Waals surface area contributed by atoms with E-state index in [1.54, 1.807) is 18.2 Å². The van der Waals surface area contributed by atoms with Gasteiger partial charge in [-0.15, -0.1) is 6.42 Å². The average Bonchev–Trinajstić information content (AvgIpc) is 3.06. The largest absolute Gasteiger partial charge is 0.488 e. The van der Waals surface area contributed by atoms with Crippen LogP contribution >= 0.6 is 11.8 Å². The molecular weight excluding hydrogens is 426 g/mol. The molecule has 32 heavy (non-hydrogen) atoms. The van der Waals surface area contributed by atoms with E-state index in [-0.39, 0.29) is 23.6 Å². The smallest absolute Gasteiger partial charge is 0.335 e. The topological polar surface area (TPSA) is 83.9 Å². The highest BCUT2D eigenvalue weighted by Crippen LogP contribution is 2.37. The highest BCUT2D eigenvalue weighted by molar-refractivity contribution is 8.18. The number of amides is 2. The van der Waals surface area contributed by atoms with Gasteiger partial charge in [0.2, 0.25) is 0 Å². The minimum Gasteiger partial charge on any atom is -0.488 e. The van der Waals surface area contributed by atoms with Gasteiger partial charge in [-0.05, 0) is 52.4 Å². The predicted molar refractivity (Wildman–Crippen MR) is 123 cm³/mol. The fourth-order valence-electron chi connectivity index (χ4n) is 3.31. The van der Waals surface area contributed by atoms with E-state index in [9.17, 15) is 14.4 Å². The Hall–Kier alpha value is -4.02. The number of terminal acetylenes is 1. The van der Waals surface area contributed by atoms with Gasteiger partial charge in [0.05, 0.1) is 17.0 Å². The lowest BCUT2D eigenvalue weighted by molar-refractivity contribution is -0.122. The predicted octanol–water partition coefficient (Wildman–Crippen LogP) is 4.79. The monoisotopic (exact) mass is 443 g/mol. The number of nitrogens with zero attached hydrogens (tertiary/aromatic N) is 1. The van der Waals surface area contributed by atoms with Crippen molar-refractivity contribution in [2.45, 2.75) is 6.61 Å². The minimum atomic E-state index is -0.993. The summed E-state index contributed by atoms with van der Waals surface area (Å²) in [5, 5.41) is 10.5. The Kier molecular flexibility index (Phi) is 5.97. The number of carbonyl (C=O) groups excluding carboxylic acids is 2. The molecule has 7 heteroatoms. The van der Waals surface area contributed by atoms with Crippen molar-refractivity contribution >= 4 is 45.7 Å². The molecule has 1 fully saturated rings. The number of carbonyl (C=O) groups is 3. The molecule has 0 unspecified atom stereocenters. The zero-order chi connectivity index (χ0) is 22.7. The zero-order valence-electron chi connectivity index (χ0n) is 16.8. The van der Waals surface area contributed by atoms with E-state index in [0.717, 1.165) is 33.0 Å². The summed E-state index contributed by atoms with van der Waals surface area (Å²) in [6.07, 6.45) is 6.93. The number of hydrogen-bond donors (Lipinski definition) is 1. The van der Waals surface area contributed by atoms with Crippen molar-refractivity contribution < 1.29 is 24.2 Å². The molecule has 1 saturated heterocycles. The summed E-state index contributed by atoms with van der Waals surface area (Å²) in [4.78, 5) is 37.2. The van der Waals surface area contributed by atoms with Crippen LogP contribution in [0.25, 0.3) is 16.8 Å². The van der Waals surface area contributed by atoms with E-state index in [0.29, 0.717) is 11.3 Å². The van der Waals surface area contributed by atoms with Crippen LogP contribution in [0.4, 0.5) is 4.79 Å². The van der Waals surface area contributed by atoms with Gasteiger partial charge in [-0.1, -0.05) is 48.4 Å². The first kappa shape index (κ1) is 21.2. The highest BCUT2D eigenvalue weighted by atomic mass is 32.2. The molecule has 1 aliphatic rings. The second-order valence-corrected chi connectivity index (χ2v) is 7.95. The van der Waals surface area contributed by atoms with Crippen molar-refractivity contribution in [3.05, 3.63) is 82.3 Å². The molecular formula is C25H17NO5S. The summed E-state index contributed by atoms with van der Waals surface area (Å²) in [6.45, 7) is 0.130. The lowest BCUT2D eigenvalue weighted by Gasteiger charge is -2.13. The SMILES string of the molecule is C#CCN1C(=O)S/C(=C/c2c(OCc3ccc(C(=O)O)cc3)ccc3ccccc23)C1=O. The number of thioether (sulfide) groups is 1. The average molecular weight is 443 g/mol. The first-order valence-corrected chi connectivity index (χ1v) is 10.4. The third-order valence-corrected chi connectivity index (χ3v) is 5.83. The molecule has 0 aliphatic carbocycles. The minimum absolute atomic E-state index is 0.0762. The quantitative estimate of drug-likeness (QED) is 0.436. The Morgan fingerprint density at radius 2 is 1.84 bits per heavy atom. The number of imide groups is 1. The molecule has 0 aromatic heterocycles. The Morgan fingerprint density at radius 3 is 2.56 bits per heavy atom. The lowest BCUT2D eigenvalue weighted by atomic mass is 10.0. The molecule has 0 spiro atoms. The van der Waals surface area contributed by atoms with Crippen LogP contribution in [-0.2, 0) is 11.4 Å². The number of carboxylic acid groups (broad SMARTS) is 1. The molecule has 0 bridgehead atoms. The van der Waals surface area contributed by atoms with Crippen LogP contribution in [0.1, 0.15) is 21.5 Å². The van der Waals surface area contributed by atoms with Gasteiger partial charge in [-0.25, -0.2) is 4.79 Å². The second kappa shape index (κ2) is 9.00. The van der Waals surface area contributed by atoms with Gasteiger partial charge in [0, 0.05) is 5.56 Å². The van der Waals surface area contributed by atoms with Crippen LogP contribution in [0.15, 0.2) is 65.6 Å². The van der Waals surface area contributed by atoms with Crippen LogP contribution in [0, 0.1) is 12.3 Å². The molecule has 1 aliphatic heterocycles. The number of rotatable bonds is 6. The number of benzene rings is 3. The van der Waals surface area contributed by atoms with Gasteiger partial charge in [0.1, 0.15) is 12.4 Å². The lowest BCUT2D eigenvalue weighted by Crippen LogP contribution is -2.28. The Bertz CT molecular complexity index is 1300. The molecule has 3 aromatic carbocycles. The standard InChI is InChI=1S/C25H17NO5S/c1-2-13-26-23(27)22(32-25(26)30)14-20-19-6-4-3-5-17(19)11-12-21(20)31-15-16-7-9-18(10-8-16)24(28)29/h1,3-12,14H,13,15H2,(H,28,29)/b22-14+. The van der Waals surface area contributed by atoms with Gasteiger partial charge in [0.25, 0.3) is 11.1 Å². The molecule has 6 nitrogen and oxygen atoms in total. The summed E-state index contributed by atoms with van der Waals surface area (Å²) < 4.78 is 6.03. The fourth-order valence-corrected chi connectivity index (χ4v) is 4.13. The Morgan fingerprint density at radius 1 is 1.09 bits per heavy atom. The van der Waals surface area contributed by atoms with Crippen molar-refractivity contribution in [1.29, 1.82) is 0 Å². The van der Waals surface area contributed by atoms with Crippen molar-refractivity contribution in [3.63, 3.8) is 0 Å². The maximum absolute atomic E-state index is 12.7. The second-order valence-electron chi connectivity index (χ2n) is 6.96. The first-order valence-electron chi connectivity index (χ1n) is 9.63. The number of aromatic carboxylic acids is 1. The Labute approximate surface area is 188 Å². The van der Waals surface area contributed by atoms with Gasteiger partial charge in [0.15, 0.2) is 0 Å². The molecule has 3 aromatic rings. The van der Waals surface area contributed by atoms with Crippen LogP contribution in [0.3, 0.4) is 0 Å². The van der Waals surface area contributed by atoms with Crippen LogP contribution in [0.2, 0.25) is 0 Å². The Balaban J connectivity index is 1.69. The van der Waals surface area contributed by atoms with Crippen molar-refractivity contribution in [1.82, 2.24) is 4.90 Å². The van der Waals surface area contributed by atoms with E-state index in [4.69, 9.17) is 16.3 Å². The number of ether oxygens (including phenoxy) is 1. The van der Waals surface area contributed by atoms with E-state index >= 15 is 0 Å². The highest BCUT2D eigenvalue weighted by Gasteiger charge is 2.34. The molecule has 0 radical (unpaired) electrons. The van der Waals surface area contributed by atoms with E-state index in [2.05, 4.69) is 5.92 Å². The third kappa shape index (κ3) is 4.22. The van der Waals surface area contributed by atoms with E-state index in [1.165, 1.54) is 12.1 Å². The van der Waals surface area contributed by atoms with Crippen molar-refractivity contribution in [2.24, 2.45) is 0 Å². The summed E-state index contributed by atoms with van der Waals surface area (Å²) in [6, 6.07) is 17.8. The summed E-state index contributed by atoms with van der Waals surface area (Å²) >= 11 is 0.844. The molecule has 2 amide bonds. The number of fused-ring (bicyclic) bond motifs is 1. The molecule has 1 heterocycles. The third-order valence-electron chi connectivity index (χ3n) is 4.92.